The molecule has 1 aliphatic rings. The van der Waals surface area contributed by atoms with Gasteiger partial charge in [-0.25, -0.2) is 0 Å². The van der Waals surface area contributed by atoms with Gasteiger partial charge in [0.25, 0.3) is 0 Å². The normalized spacial score (nSPS) is 21.6. The van der Waals surface area contributed by atoms with Gasteiger partial charge in [0.05, 0.1) is 0 Å². The maximum Gasteiger partial charge on any atom is 0.194 e. The highest BCUT2D eigenvalue weighted by Crippen LogP contribution is 2.40. The first-order valence-electron chi connectivity index (χ1n) is 5.76. The van der Waals surface area contributed by atoms with E-state index >= 15 is 0 Å². The van der Waals surface area contributed by atoms with Crippen LogP contribution >= 0.6 is 11.6 Å². The number of hydrogen-bond acceptors (Lipinski definition) is 2. The number of ketones is 1. The van der Waals surface area contributed by atoms with E-state index in [0.29, 0.717) is 10.6 Å². The lowest BCUT2D eigenvalue weighted by Crippen LogP contribution is -2.07. The Hall–Kier alpha value is -1.64. The topological polar surface area (TPSA) is 29.6 Å². The number of carbonyl (C=O) groups is 1. The Morgan fingerprint density at radius 3 is 2.33 bits per heavy atom. The Bertz CT molecular complexity index is 563. The Kier molecular flexibility index (Phi) is 2.90. The molecule has 1 fully saturated rings. The average molecular weight is 259 g/mol. The van der Waals surface area contributed by atoms with Crippen LogP contribution in [0.15, 0.2) is 54.6 Å². The molecule has 0 aromatic heterocycles. The van der Waals surface area contributed by atoms with Crippen LogP contribution in [-0.4, -0.2) is 11.9 Å². The summed E-state index contributed by atoms with van der Waals surface area (Å²) in [5.74, 6) is 0.0144. The minimum absolute atomic E-state index is 0.0144. The van der Waals surface area contributed by atoms with E-state index in [1.165, 1.54) is 0 Å². The predicted octanol–water partition coefficient (Wildman–Crippen LogP) is 3.66. The highest BCUT2D eigenvalue weighted by atomic mass is 35.5. The van der Waals surface area contributed by atoms with Crippen molar-refractivity contribution in [3.63, 3.8) is 0 Å². The number of ether oxygens (including phenoxy) is 1. The quantitative estimate of drug-likeness (QED) is 0.621. The minimum atomic E-state index is -0.353. The van der Waals surface area contributed by atoms with Gasteiger partial charge in [-0.05, 0) is 29.8 Å². The molecule has 0 saturated carbocycles. The first kappa shape index (κ1) is 11.5. The van der Waals surface area contributed by atoms with Gasteiger partial charge in [-0.3, -0.25) is 4.79 Å². The minimum Gasteiger partial charge on any atom is -0.356 e. The SMILES string of the molecule is O=C(c1ccc(Cl)cc1)[C@H]1O[C@H]1c1ccccc1. The van der Waals surface area contributed by atoms with Crippen LogP contribution in [0.1, 0.15) is 22.0 Å². The van der Waals surface area contributed by atoms with E-state index in [9.17, 15) is 4.79 Å². The third-order valence-electron chi connectivity index (χ3n) is 3.01. The fourth-order valence-corrected chi connectivity index (χ4v) is 2.11. The fraction of sp³-hybridized carbons (Fsp3) is 0.133. The molecule has 2 nitrogen and oxygen atoms in total. The van der Waals surface area contributed by atoms with Gasteiger partial charge in [-0.2, -0.15) is 0 Å². The summed E-state index contributed by atoms with van der Waals surface area (Å²) in [4.78, 5) is 12.1. The lowest BCUT2D eigenvalue weighted by Gasteiger charge is -1.98. The summed E-state index contributed by atoms with van der Waals surface area (Å²) in [5, 5.41) is 0.628. The van der Waals surface area contributed by atoms with Crippen LogP contribution in [0.25, 0.3) is 0 Å². The third kappa shape index (κ3) is 2.17. The van der Waals surface area contributed by atoms with E-state index in [1.54, 1.807) is 24.3 Å². The van der Waals surface area contributed by atoms with Crippen molar-refractivity contribution >= 4 is 17.4 Å². The molecule has 3 rings (SSSR count). The van der Waals surface area contributed by atoms with Gasteiger partial charge in [0.2, 0.25) is 0 Å². The van der Waals surface area contributed by atoms with Crippen LogP contribution in [0.5, 0.6) is 0 Å². The maximum absolute atomic E-state index is 12.1. The molecule has 18 heavy (non-hydrogen) atoms. The second-order valence-electron chi connectivity index (χ2n) is 4.26. The van der Waals surface area contributed by atoms with E-state index in [-0.39, 0.29) is 18.0 Å². The Balaban J connectivity index is 1.75. The standard InChI is InChI=1S/C15H11ClO2/c16-12-8-6-10(7-9-12)13(17)15-14(18-15)11-4-2-1-3-5-11/h1-9,14-15H/t14-,15+/m0/s1. The van der Waals surface area contributed by atoms with Crippen molar-refractivity contribution in [1.29, 1.82) is 0 Å². The third-order valence-corrected chi connectivity index (χ3v) is 3.26. The number of rotatable bonds is 3. The van der Waals surface area contributed by atoms with Crippen molar-refractivity contribution in [2.75, 3.05) is 0 Å². The summed E-state index contributed by atoms with van der Waals surface area (Å²) < 4.78 is 5.47. The number of benzene rings is 2. The lowest BCUT2D eigenvalue weighted by molar-refractivity contribution is 0.0953. The predicted molar refractivity (Wildman–Crippen MR) is 69.8 cm³/mol. The summed E-state index contributed by atoms with van der Waals surface area (Å²) >= 11 is 5.79. The molecule has 0 amide bonds. The zero-order valence-electron chi connectivity index (χ0n) is 9.55. The molecular formula is C15H11ClO2. The number of halogens is 1. The van der Waals surface area contributed by atoms with E-state index in [2.05, 4.69) is 0 Å². The van der Waals surface area contributed by atoms with Crippen LogP contribution in [0.2, 0.25) is 5.02 Å². The molecule has 2 atom stereocenters. The molecule has 2 aromatic carbocycles. The van der Waals surface area contributed by atoms with Crippen molar-refractivity contribution in [3.8, 4) is 0 Å². The highest BCUT2D eigenvalue weighted by molar-refractivity contribution is 6.30. The molecule has 0 N–H and O–H groups in total. The molecular weight excluding hydrogens is 248 g/mol. The summed E-state index contributed by atoms with van der Waals surface area (Å²) in [6, 6.07) is 16.7. The van der Waals surface area contributed by atoms with Gasteiger partial charge in [0.15, 0.2) is 11.9 Å². The molecule has 0 aliphatic carbocycles. The Morgan fingerprint density at radius 2 is 1.67 bits per heavy atom. The van der Waals surface area contributed by atoms with Crippen LogP contribution in [0, 0.1) is 0 Å². The molecule has 1 aliphatic heterocycles. The molecule has 0 unspecified atom stereocenters. The van der Waals surface area contributed by atoms with Gasteiger partial charge in [0.1, 0.15) is 6.10 Å². The molecule has 0 radical (unpaired) electrons. The van der Waals surface area contributed by atoms with Crippen LogP contribution in [0.3, 0.4) is 0 Å². The van der Waals surface area contributed by atoms with Gasteiger partial charge in [0, 0.05) is 10.6 Å². The van der Waals surface area contributed by atoms with Crippen molar-refractivity contribution in [2.24, 2.45) is 0 Å². The molecule has 90 valence electrons. The second-order valence-corrected chi connectivity index (χ2v) is 4.70. The summed E-state index contributed by atoms with van der Waals surface area (Å²) in [7, 11) is 0. The number of Topliss-reactive ketones (excluding diaryl/α,β-unsaturated/α-hetero) is 1. The first-order chi connectivity index (χ1) is 8.75. The molecule has 2 aromatic rings. The molecule has 1 heterocycles. The number of hydrogen-bond donors (Lipinski definition) is 0. The number of epoxide rings is 1. The second kappa shape index (κ2) is 4.56. The van der Waals surface area contributed by atoms with Crippen LogP contribution in [-0.2, 0) is 4.74 Å². The zero-order chi connectivity index (χ0) is 12.5. The Morgan fingerprint density at radius 1 is 1.00 bits per heavy atom. The first-order valence-corrected chi connectivity index (χ1v) is 6.14. The van der Waals surface area contributed by atoms with Crippen molar-refractivity contribution in [1.82, 2.24) is 0 Å². The molecule has 1 saturated heterocycles. The summed E-state index contributed by atoms with van der Waals surface area (Å²) in [6.07, 6.45) is -0.456. The van der Waals surface area contributed by atoms with Crippen molar-refractivity contribution in [2.45, 2.75) is 12.2 Å². The van der Waals surface area contributed by atoms with Gasteiger partial charge < -0.3 is 4.74 Å². The zero-order valence-corrected chi connectivity index (χ0v) is 10.3. The van der Waals surface area contributed by atoms with Crippen LogP contribution in [0.4, 0.5) is 0 Å². The monoisotopic (exact) mass is 258 g/mol. The van der Waals surface area contributed by atoms with Gasteiger partial charge in [-0.1, -0.05) is 41.9 Å². The smallest absolute Gasteiger partial charge is 0.194 e. The number of carbonyl (C=O) groups excluding carboxylic acids is 1. The van der Waals surface area contributed by atoms with Gasteiger partial charge >= 0.3 is 0 Å². The largest absolute Gasteiger partial charge is 0.356 e. The van der Waals surface area contributed by atoms with E-state index in [0.717, 1.165) is 5.56 Å². The molecule has 0 bridgehead atoms. The van der Waals surface area contributed by atoms with Gasteiger partial charge in [-0.15, -0.1) is 0 Å². The molecule has 0 spiro atoms. The van der Waals surface area contributed by atoms with Crippen LogP contribution < -0.4 is 0 Å². The van der Waals surface area contributed by atoms with E-state index in [4.69, 9.17) is 16.3 Å². The fourth-order valence-electron chi connectivity index (χ4n) is 1.99. The lowest BCUT2D eigenvalue weighted by atomic mass is 10.0. The highest BCUT2D eigenvalue weighted by Gasteiger charge is 2.45. The summed E-state index contributed by atoms with van der Waals surface area (Å²) in [6.45, 7) is 0. The molecule has 3 heteroatoms. The van der Waals surface area contributed by atoms with E-state index < -0.39 is 0 Å². The van der Waals surface area contributed by atoms with Crippen molar-refractivity contribution < 1.29 is 9.53 Å². The maximum atomic E-state index is 12.1. The summed E-state index contributed by atoms with van der Waals surface area (Å²) in [5.41, 5.74) is 1.69. The average Bonchev–Trinajstić information content (AvgIpc) is 3.20. The Labute approximate surface area is 110 Å². The van der Waals surface area contributed by atoms with Crippen molar-refractivity contribution in [3.05, 3.63) is 70.7 Å². The van der Waals surface area contributed by atoms with E-state index in [1.807, 2.05) is 30.3 Å².